The normalized spacial score (nSPS) is 29.8. The van der Waals surface area contributed by atoms with Gasteiger partial charge in [-0.25, -0.2) is 0 Å². The third kappa shape index (κ3) is 1.91. The van der Waals surface area contributed by atoms with Gasteiger partial charge >= 0.3 is 5.97 Å². The Balaban J connectivity index is 2.00. The Morgan fingerprint density at radius 3 is 2.94 bits per heavy atom. The van der Waals surface area contributed by atoms with Crippen LogP contribution in [0.15, 0.2) is 0 Å². The summed E-state index contributed by atoms with van der Waals surface area (Å²) >= 11 is 0. The monoisotopic (exact) mass is 226 g/mol. The topological polar surface area (TPSA) is 58.6 Å². The number of amides is 1. The van der Waals surface area contributed by atoms with Crippen molar-refractivity contribution in [3.8, 4) is 0 Å². The van der Waals surface area contributed by atoms with E-state index in [9.17, 15) is 9.59 Å². The van der Waals surface area contributed by atoms with Crippen molar-refractivity contribution in [3.63, 3.8) is 0 Å². The van der Waals surface area contributed by atoms with Crippen LogP contribution in [0.2, 0.25) is 0 Å². The van der Waals surface area contributed by atoms with Crippen molar-refractivity contribution in [3.05, 3.63) is 0 Å². The van der Waals surface area contributed by atoms with Crippen molar-refractivity contribution in [2.45, 2.75) is 31.2 Å². The molecule has 0 aromatic heterocycles. The zero-order chi connectivity index (χ0) is 11.6. The van der Waals surface area contributed by atoms with Gasteiger partial charge in [0.1, 0.15) is 6.54 Å². The van der Waals surface area contributed by atoms with Gasteiger partial charge < -0.3 is 15.0 Å². The molecule has 90 valence electrons. The highest BCUT2D eigenvalue weighted by atomic mass is 16.5. The number of esters is 1. The lowest BCUT2D eigenvalue weighted by molar-refractivity contribution is -0.147. The minimum absolute atomic E-state index is 0.0672. The maximum Gasteiger partial charge on any atom is 0.325 e. The molecule has 2 heterocycles. The molecule has 0 unspecified atom stereocenters. The number of rotatable bonds is 2. The number of nitrogens with zero attached hydrogens (tertiary/aromatic N) is 1. The predicted octanol–water partition coefficient (Wildman–Crippen LogP) is -0.0960. The molecular formula is C11H18N2O3. The molecule has 2 aliphatic rings. The molecule has 2 aliphatic heterocycles. The number of ether oxygens (including phenoxy) is 1. The van der Waals surface area contributed by atoms with Gasteiger partial charge in [-0.05, 0) is 32.2 Å². The summed E-state index contributed by atoms with van der Waals surface area (Å²) in [5, 5.41) is 3.32. The summed E-state index contributed by atoms with van der Waals surface area (Å²) < 4.78 is 4.58. The number of methoxy groups -OCH3 is 1. The molecule has 5 nitrogen and oxygen atoms in total. The summed E-state index contributed by atoms with van der Waals surface area (Å²) in [5.41, 5.74) is -0.383. The number of carbonyl (C=O) groups excluding carboxylic acids is 2. The summed E-state index contributed by atoms with van der Waals surface area (Å²) in [6.07, 6.45) is 3.92. The SMILES string of the molecule is COC(=O)CN1CC[C@@]2(CCCCN2)C1=O. The van der Waals surface area contributed by atoms with E-state index in [1.54, 1.807) is 4.90 Å². The molecular weight excluding hydrogens is 208 g/mol. The maximum atomic E-state index is 12.2. The molecule has 0 radical (unpaired) electrons. The summed E-state index contributed by atoms with van der Waals surface area (Å²) in [6.45, 7) is 1.64. The number of carbonyl (C=O) groups is 2. The van der Waals surface area contributed by atoms with Crippen molar-refractivity contribution in [2.24, 2.45) is 0 Å². The van der Waals surface area contributed by atoms with Crippen LogP contribution in [0.5, 0.6) is 0 Å². The predicted molar refractivity (Wildman–Crippen MR) is 57.8 cm³/mol. The Morgan fingerprint density at radius 2 is 2.31 bits per heavy atom. The molecule has 2 fully saturated rings. The molecule has 0 bridgehead atoms. The van der Waals surface area contributed by atoms with Crippen molar-refractivity contribution in [1.29, 1.82) is 0 Å². The third-order valence-corrected chi connectivity index (χ3v) is 3.55. The van der Waals surface area contributed by atoms with Gasteiger partial charge in [0.2, 0.25) is 5.91 Å². The first-order valence-electron chi connectivity index (χ1n) is 5.79. The molecule has 1 atom stereocenters. The van der Waals surface area contributed by atoms with Gasteiger partial charge in [-0.3, -0.25) is 9.59 Å². The van der Waals surface area contributed by atoms with Crippen molar-refractivity contribution >= 4 is 11.9 Å². The zero-order valence-electron chi connectivity index (χ0n) is 9.62. The van der Waals surface area contributed by atoms with Gasteiger partial charge in [0.05, 0.1) is 12.6 Å². The number of nitrogens with one attached hydrogen (secondary N) is 1. The van der Waals surface area contributed by atoms with Crippen LogP contribution in [0.25, 0.3) is 0 Å². The quantitative estimate of drug-likeness (QED) is 0.668. The second-order valence-electron chi connectivity index (χ2n) is 4.52. The van der Waals surface area contributed by atoms with E-state index in [1.165, 1.54) is 7.11 Å². The van der Waals surface area contributed by atoms with Crippen LogP contribution in [-0.4, -0.2) is 49.1 Å². The van der Waals surface area contributed by atoms with Crippen LogP contribution >= 0.6 is 0 Å². The van der Waals surface area contributed by atoms with E-state index in [1.807, 2.05) is 0 Å². The number of likely N-dealkylation sites (tertiary alicyclic amines) is 1. The van der Waals surface area contributed by atoms with Crippen LogP contribution in [0, 0.1) is 0 Å². The molecule has 0 aromatic rings. The molecule has 0 saturated carbocycles. The van der Waals surface area contributed by atoms with Crippen LogP contribution in [0.1, 0.15) is 25.7 Å². The third-order valence-electron chi connectivity index (χ3n) is 3.55. The minimum atomic E-state index is -0.383. The van der Waals surface area contributed by atoms with Gasteiger partial charge in [0.25, 0.3) is 0 Å². The first-order chi connectivity index (χ1) is 7.68. The fraction of sp³-hybridized carbons (Fsp3) is 0.818. The van der Waals surface area contributed by atoms with Crippen LogP contribution in [0.3, 0.4) is 0 Å². The van der Waals surface area contributed by atoms with E-state index in [2.05, 4.69) is 10.1 Å². The van der Waals surface area contributed by atoms with Gasteiger partial charge in [-0.15, -0.1) is 0 Å². The van der Waals surface area contributed by atoms with Gasteiger partial charge in [-0.2, -0.15) is 0 Å². The molecule has 1 amide bonds. The minimum Gasteiger partial charge on any atom is -0.468 e. The smallest absolute Gasteiger partial charge is 0.325 e. The first kappa shape index (κ1) is 11.4. The Morgan fingerprint density at radius 1 is 1.50 bits per heavy atom. The van der Waals surface area contributed by atoms with Crippen LogP contribution in [-0.2, 0) is 14.3 Å². The zero-order valence-corrected chi connectivity index (χ0v) is 9.62. The van der Waals surface area contributed by atoms with Gasteiger partial charge in [0, 0.05) is 6.54 Å². The average molecular weight is 226 g/mol. The second kappa shape index (κ2) is 4.41. The lowest BCUT2D eigenvalue weighted by Gasteiger charge is -2.32. The van der Waals surface area contributed by atoms with Crippen LogP contribution in [0.4, 0.5) is 0 Å². The molecule has 2 saturated heterocycles. The van der Waals surface area contributed by atoms with Crippen LogP contribution < -0.4 is 5.32 Å². The Hall–Kier alpha value is -1.10. The first-order valence-corrected chi connectivity index (χ1v) is 5.79. The summed E-state index contributed by atoms with van der Waals surface area (Å²) in [7, 11) is 1.34. The Kier molecular flexibility index (Phi) is 3.14. The fourth-order valence-electron chi connectivity index (χ4n) is 2.57. The highest BCUT2D eigenvalue weighted by Crippen LogP contribution is 2.30. The van der Waals surface area contributed by atoms with E-state index in [-0.39, 0.29) is 24.0 Å². The molecule has 2 rings (SSSR count). The fourth-order valence-corrected chi connectivity index (χ4v) is 2.57. The second-order valence-corrected chi connectivity index (χ2v) is 4.52. The summed E-state index contributed by atoms with van der Waals surface area (Å²) in [4.78, 5) is 24.9. The lowest BCUT2D eigenvalue weighted by Crippen LogP contribution is -2.54. The van der Waals surface area contributed by atoms with E-state index in [4.69, 9.17) is 0 Å². The Bertz CT molecular complexity index is 298. The van der Waals surface area contributed by atoms with E-state index in [0.29, 0.717) is 6.54 Å². The van der Waals surface area contributed by atoms with E-state index >= 15 is 0 Å². The maximum absolute atomic E-state index is 12.2. The van der Waals surface area contributed by atoms with Gasteiger partial charge in [-0.1, -0.05) is 0 Å². The summed E-state index contributed by atoms with van der Waals surface area (Å²) in [6, 6.07) is 0. The molecule has 5 heteroatoms. The van der Waals surface area contributed by atoms with Crippen molar-refractivity contribution < 1.29 is 14.3 Å². The standard InChI is InChI=1S/C11H18N2O3/c1-16-9(14)8-13-7-5-11(10(13)15)4-2-3-6-12-11/h12H,2-8H2,1H3/t11-/m0/s1. The highest BCUT2D eigenvalue weighted by molar-refractivity contribution is 5.91. The van der Waals surface area contributed by atoms with E-state index < -0.39 is 0 Å². The highest BCUT2D eigenvalue weighted by Gasteiger charge is 2.47. The number of hydrogen-bond acceptors (Lipinski definition) is 4. The molecule has 0 aliphatic carbocycles. The lowest BCUT2D eigenvalue weighted by atomic mass is 9.87. The average Bonchev–Trinajstić information content (AvgIpc) is 2.60. The number of hydrogen-bond donors (Lipinski definition) is 1. The molecule has 0 aromatic carbocycles. The molecule has 1 spiro atoms. The van der Waals surface area contributed by atoms with Gasteiger partial charge in [0.15, 0.2) is 0 Å². The Labute approximate surface area is 95.1 Å². The summed E-state index contributed by atoms with van der Waals surface area (Å²) in [5.74, 6) is -0.279. The largest absolute Gasteiger partial charge is 0.468 e. The van der Waals surface area contributed by atoms with Crippen molar-refractivity contribution in [1.82, 2.24) is 10.2 Å². The molecule has 16 heavy (non-hydrogen) atoms. The molecule has 1 N–H and O–H groups in total. The van der Waals surface area contributed by atoms with E-state index in [0.717, 1.165) is 32.2 Å². The van der Waals surface area contributed by atoms with Crippen molar-refractivity contribution in [2.75, 3.05) is 26.7 Å². The number of piperidine rings is 1.